The molecule has 4 heterocycles. The molecule has 0 radical (unpaired) electrons. The number of methoxy groups -OCH3 is 1. The lowest BCUT2D eigenvalue weighted by atomic mass is 10.0. The van der Waals surface area contributed by atoms with Crippen LogP contribution in [-0.4, -0.2) is 93.8 Å². The lowest BCUT2D eigenvalue weighted by Crippen LogP contribution is -2.54. The minimum absolute atomic E-state index is 0.0822. The number of hydrogen-bond donors (Lipinski definition) is 2. The lowest BCUT2D eigenvalue weighted by molar-refractivity contribution is 0.0394. The Morgan fingerprint density at radius 3 is 2.65 bits per heavy atom. The number of terminal acetylenes is 1. The van der Waals surface area contributed by atoms with Gasteiger partial charge in [-0.25, -0.2) is 14.2 Å². The number of carbonyl (C=O) groups excluding carboxylic acids is 2. The molecule has 2 aromatic carbocycles. The summed E-state index contributed by atoms with van der Waals surface area (Å²) in [5, 5.41) is 13.3. The number of nitrogens with one attached hydrogen (secondary N) is 1. The molecule has 11 nitrogen and oxygen atoms in total. The highest BCUT2D eigenvalue weighted by Crippen LogP contribution is 2.43. The van der Waals surface area contributed by atoms with Gasteiger partial charge < -0.3 is 38.8 Å². The Labute approximate surface area is 286 Å². The number of alkyl carbamates (subject to hydrolysis) is 1. The molecule has 1 fully saturated rings. The van der Waals surface area contributed by atoms with Crippen LogP contribution in [0, 0.1) is 12.3 Å². The van der Waals surface area contributed by atoms with Crippen LogP contribution in [0.4, 0.5) is 14.9 Å². The number of piperidine rings is 1. The number of halogens is 1. The predicted octanol–water partition coefficient (Wildman–Crippen LogP) is 5.53. The number of anilines is 1. The Bertz CT molecular complexity index is 1920. The molecule has 2 aliphatic rings. The van der Waals surface area contributed by atoms with Crippen molar-refractivity contribution in [2.24, 2.45) is 0 Å². The van der Waals surface area contributed by atoms with Crippen molar-refractivity contribution in [1.82, 2.24) is 24.3 Å². The topological polar surface area (TPSA) is 114 Å². The zero-order valence-electron chi connectivity index (χ0n) is 28.8. The van der Waals surface area contributed by atoms with Gasteiger partial charge in [-0.05, 0) is 57.9 Å². The van der Waals surface area contributed by atoms with Gasteiger partial charge in [0.2, 0.25) is 0 Å². The fourth-order valence-electron chi connectivity index (χ4n) is 7.21. The number of imidazole rings is 1. The maximum atomic E-state index is 15.0. The van der Waals surface area contributed by atoms with Gasteiger partial charge in [-0.1, -0.05) is 25.0 Å². The first-order valence-corrected chi connectivity index (χ1v) is 16.9. The molecule has 2 aromatic heterocycles. The van der Waals surface area contributed by atoms with Crippen LogP contribution in [0.15, 0.2) is 36.4 Å². The van der Waals surface area contributed by atoms with Crippen molar-refractivity contribution in [3.63, 3.8) is 0 Å². The minimum Gasteiger partial charge on any atom is -0.494 e. The molecule has 1 unspecified atom stereocenters. The number of aromatic nitrogens is 3. The fourth-order valence-corrected chi connectivity index (χ4v) is 7.21. The summed E-state index contributed by atoms with van der Waals surface area (Å²) in [5.74, 6) is 3.45. The number of amides is 2. The molecule has 1 saturated heterocycles. The van der Waals surface area contributed by atoms with Crippen LogP contribution in [0.3, 0.4) is 0 Å². The molecular formula is C37H45FN6O5. The van der Waals surface area contributed by atoms with Crippen molar-refractivity contribution in [1.29, 1.82) is 0 Å². The van der Waals surface area contributed by atoms with Crippen LogP contribution in [-0.2, 0) is 11.3 Å². The second-order valence-corrected chi connectivity index (χ2v) is 13.9. The molecule has 4 aromatic rings. The Hall–Kier alpha value is -4.76. The van der Waals surface area contributed by atoms with Crippen LogP contribution in [0.25, 0.3) is 33.5 Å². The van der Waals surface area contributed by atoms with Gasteiger partial charge in [-0.3, -0.25) is 4.79 Å². The molecule has 2 amide bonds. The van der Waals surface area contributed by atoms with Crippen LogP contribution >= 0.6 is 0 Å². The van der Waals surface area contributed by atoms with Gasteiger partial charge in [-0.15, -0.1) is 6.42 Å². The normalized spacial score (nSPS) is 19.3. The van der Waals surface area contributed by atoms with Gasteiger partial charge in [0, 0.05) is 43.6 Å². The van der Waals surface area contributed by atoms with Gasteiger partial charge in [0.25, 0.3) is 5.91 Å². The standard InChI is InChI=1S/C37H45FN6O5/c1-7-13-43-33-28(40-34(43)30-17-23-11-9-12-29-32(23)44(30)27(8-2)22-41(29)14-10-15-45)16-24(18-31(33)48-6)35(46)42-20-25(38)19-26(21-42)39-36(47)49-37(3,4)5/h1,9,11-12,16-18,25-27,45H,8,10,13-15,19-22H2,2-6H3,(H,39,47)/t25-,26-,27?/m1/s1. The summed E-state index contributed by atoms with van der Waals surface area (Å²) in [6.45, 7) is 9.36. The Morgan fingerprint density at radius 2 is 1.96 bits per heavy atom. The number of carbonyl (C=O) groups is 2. The third-order valence-corrected chi connectivity index (χ3v) is 9.19. The van der Waals surface area contributed by atoms with E-state index in [9.17, 15) is 19.1 Å². The van der Waals surface area contributed by atoms with Gasteiger partial charge in [0.05, 0.1) is 54.7 Å². The molecular weight excluding hydrogens is 627 g/mol. The average molecular weight is 673 g/mol. The first kappa shape index (κ1) is 34.1. The Balaban J connectivity index is 1.40. The number of likely N-dealkylation sites (tertiary alicyclic amines) is 1. The van der Waals surface area contributed by atoms with Gasteiger partial charge in [0.15, 0.2) is 5.82 Å². The highest BCUT2D eigenvalue weighted by Gasteiger charge is 2.34. The Morgan fingerprint density at radius 1 is 1.16 bits per heavy atom. The second kappa shape index (κ2) is 13.6. The van der Waals surface area contributed by atoms with E-state index in [-0.39, 0.29) is 38.7 Å². The molecule has 260 valence electrons. The molecule has 0 spiro atoms. The van der Waals surface area contributed by atoms with E-state index in [1.54, 1.807) is 32.9 Å². The van der Waals surface area contributed by atoms with E-state index >= 15 is 0 Å². The smallest absolute Gasteiger partial charge is 0.407 e. The maximum absolute atomic E-state index is 15.0. The predicted molar refractivity (Wildman–Crippen MR) is 188 cm³/mol. The third kappa shape index (κ3) is 6.64. The summed E-state index contributed by atoms with van der Waals surface area (Å²) in [4.78, 5) is 35.2. The third-order valence-electron chi connectivity index (χ3n) is 9.19. The summed E-state index contributed by atoms with van der Waals surface area (Å²) in [5.41, 5.74) is 3.89. The van der Waals surface area contributed by atoms with Crippen molar-refractivity contribution in [2.75, 3.05) is 44.8 Å². The van der Waals surface area contributed by atoms with Crippen molar-refractivity contribution in [3.8, 4) is 29.6 Å². The van der Waals surface area contributed by atoms with E-state index in [0.29, 0.717) is 34.6 Å². The number of fused-ring (bicyclic) bond motifs is 1. The molecule has 2 N–H and O–H groups in total. The molecule has 3 atom stereocenters. The highest BCUT2D eigenvalue weighted by atomic mass is 19.1. The van der Waals surface area contributed by atoms with Crippen molar-refractivity contribution >= 4 is 39.6 Å². The maximum Gasteiger partial charge on any atom is 0.407 e. The number of para-hydroxylation sites is 1. The lowest BCUT2D eigenvalue weighted by Gasteiger charge is -2.36. The van der Waals surface area contributed by atoms with Crippen LogP contribution in [0.5, 0.6) is 5.75 Å². The SMILES string of the molecule is C#CCn1c(-c2cc3cccc4c3n2C(CC)CN4CCCO)nc2cc(C(=O)N3C[C@H](F)C[C@@H](NC(=O)OC(C)(C)C)C3)cc(OC)c21. The van der Waals surface area contributed by atoms with Gasteiger partial charge >= 0.3 is 6.09 Å². The van der Waals surface area contributed by atoms with Crippen LogP contribution < -0.4 is 15.0 Å². The summed E-state index contributed by atoms with van der Waals surface area (Å²) >= 11 is 0. The largest absolute Gasteiger partial charge is 0.494 e. The molecule has 6 rings (SSSR count). The first-order valence-electron chi connectivity index (χ1n) is 16.9. The molecule has 12 heteroatoms. The zero-order chi connectivity index (χ0) is 35.0. The summed E-state index contributed by atoms with van der Waals surface area (Å²) in [6.07, 6.45) is 5.59. The Kier molecular flexibility index (Phi) is 9.49. The zero-order valence-corrected chi connectivity index (χ0v) is 28.8. The van der Waals surface area contributed by atoms with Crippen molar-refractivity contribution < 1.29 is 28.6 Å². The van der Waals surface area contributed by atoms with Crippen LogP contribution in [0.1, 0.15) is 63.4 Å². The quantitative estimate of drug-likeness (QED) is 0.225. The number of aliphatic hydroxyl groups excluding tert-OH is 1. The van der Waals surface area contributed by atoms with Gasteiger partial charge in [-0.2, -0.15) is 0 Å². The number of ether oxygens (including phenoxy) is 2. The average Bonchev–Trinajstić information content (AvgIpc) is 3.62. The van der Waals surface area contributed by atoms with Gasteiger partial charge in [0.1, 0.15) is 23.0 Å². The number of hydrogen-bond acceptors (Lipinski definition) is 7. The molecule has 49 heavy (non-hydrogen) atoms. The van der Waals surface area contributed by atoms with E-state index in [2.05, 4.69) is 45.8 Å². The van der Waals surface area contributed by atoms with E-state index in [0.717, 1.165) is 41.8 Å². The van der Waals surface area contributed by atoms with E-state index < -0.39 is 29.8 Å². The number of nitrogens with zero attached hydrogens (tertiary/aromatic N) is 5. The fraction of sp³-hybridized carbons (Fsp3) is 0.486. The number of alkyl halides is 1. The van der Waals surface area contributed by atoms with Crippen molar-refractivity contribution in [2.45, 2.75) is 77.4 Å². The monoisotopic (exact) mass is 672 g/mol. The molecule has 0 aliphatic carbocycles. The van der Waals surface area contributed by atoms with Crippen LogP contribution in [0.2, 0.25) is 0 Å². The summed E-state index contributed by atoms with van der Waals surface area (Å²) in [7, 11) is 1.53. The number of aliphatic hydroxyl groups is 1. The number of benzene rings is 2. The van der Waals surface area contributed by atoms with E-state index in [1.807, 2.05) is 10.6 Å². The second-order valence-electron chi connectivity index (χ2n) is 13.9. The number of rotatable bonds is 9. The first-order chi connectivity index (χ1) is 23.5. The summed E-state index contributed by atoms with van der Waals surface area (Å²) < 4.78 is 30.4. The minimum atomic E-state index is -1.32. The van der Waals surface area contributed by atoms with E-state index in [1.165, 1.54) is 12.0 Å². The molecule has 0 bridgehead atoms. The molecule has 2 aliphatic heterocycles. The molecule has 0 saturated carbocycles. The van der Waals surface area contributed by atoms with Crippen molar-refractivity contribution in [3.05, 3.63) is 42.0 Å². The summed E-state index contributed by atoms with van der Waals surface area (Å²) in [6, 6.07) is 11.3. The van der Waals surface area contributed by atoms with E-state index in [4.69, 9.17) is 20.9 Å². The highest BCUT2D eigenvalue weighted by molar-refractivity contribution is 6.01.